The molecule has 6 heteroatoms. The lowest BCUT2D eigenvalue weighted by molar-refractivity contribution is 0.170. The summed E-state index contributed by atoms with van der Waals surface area (Å²) < 4.78 is 5.71. The molecule has 26 heavy (non-hydrogen) atoms. The first-order valence-corrected chi connectivity index (χ1v) is 10.2. The van der Waals surface area contributed by atoms with Crippen LogP contribution in [0.1, 0.15) is 53.9 Å². The maximum Gasteiger partial charge on any atom is 0.223 e. The van der Waals surface area contributed by atoms with Crippen molar-refractivity contribution in [2.45, 2.75) is 71.0 Å². The molecule has 0 spiro atoms. The van der Waals surface area contributed by atoms with Gasteiger partial charge in [0.25, 0.3) is 0 Å². The van der Waals surface area contributed by atoms with Gasteiger partial charge in [-0.2, -0.15) is 0 Å². The van der Waals surface area contributed by atoms with Crippen LogP contribution in [-0.2, 0) is 0 Å². The third-order valence-electron chi connectivity index (χ3n) is 4.46. The van der Waals surface area contributed by atoms with Crippen molar-refractivity contribution in [3.63, 3.8) is 0 Å². The molecule has 3 rings (SSSR count). The summed E-state index contributed by atoms with van der Waals surface area (Å²) in [5.41, 5.74) is 1.12. The molecule has 2 aromatic heterocycles. The predicted molar refractivity (Wildman–Crippen MR) is 109 cm³/mol. The summed E-state index contributed by atoms with van der Waals surface area (Å²) in [5, 5.41) is 8.21. The van der Waals surface area contributed by atoms with Crippen LogP contribution in [0, 0.1) is 0 Å². The number of anilines is 1. The number of ether oxygens (including phenoxy) is 1. The van der Waals surface area contributed by atoms with Gasteiger partial charge in [-0.3, -0.25) is 0 Å². The molecule has 142 valence electrons. The first kappa shape index (κ1) is 19.1. The highest BCUT2D eigenvalue weighted by Crippen LogP contribution is 2.33. The fourth-order valence-electron chi connectivity index (χ4n) is 3.91. The molecule has 0 amide bonds. The van der Waals surface area contributed by atoms with Crippen molar-refractivity contribution in [2.24, 2.45) is 0 Å². The van der Waals surface area contributed by atoms with Gasteiger partial charge in [-0.25, -0.2) is 9.97 Å². The van der Waals surface area contributed by atoms with E-state index in [1.807, 2.05) is 18.3 Å². The van der Waals surface area contributed by atoms with Crippen molar-refractivity contribution in [3.8, 4) is 15.6 Å². The van der Waals surface area contributed by atoms with Gasteiger partial charge in [-0.05, 0) is 65.2 Å². The number of rotatable bonds is 6. The molecule has 1 aliphatic heterocycles. The van der Waals surface area contributed by atoms with Gasteiger partial charge in [0.2, 0.25) is 5.95 Å². The molecule has 0 unspecified atom stereocenters. The molecule has 3 heterocycles. The zero-order chi connectivity index (χ0) is 18.8. The Morgan fingerprint density at radius 3 is 2.62 bits per heavy atom. The van der Waals surface area contributed by atoms with Crippen LogP contribution in [0.2, 0.25) is 0 Å². The van der Waals surface area contributed by atoms with E-state index in [0.717, 1.165) is 41.5 Å². The van der Waals surface area contributed by atoms with Gasteiger partial charge < -0.3 is 15.4 Å². The number of hydrogen-bond acceptors (Lipinski definition) is 6. The molecule has 0 atom stereocenters. The van der Waals surface area contributed by atoms with Crippen molar-refractivity contribution in [3.05, 3.63) is 24.4 Å². The Balaban J connectivity index is 1.72. The van der Waals surface area contributed by atoms with Gasteiger partial charge in [0.15, 0.2) is 5.06 Å². The van der Waals surface area contributed by atoms with Crippen LogP contribution in [0.5, 0.6) is 5.06 Å². The molecule has 5 nitrogen and oxygen atoms in total. The summed E-state index contributed by atoms with van der Waals surface area (Å²) in [5.74, 6) is 0.699. The average Bonchev–Trinajstić information content (AvgIpc) is 2.99. The van der Waals surface area contributed by atoms with Gasteiger partial charge >= 0.3 is 0 Å². The fraction of sp³-hybridized carbons (Fsp3) is 0.600. The van der Waals surface area contributed by atoms with Crippen LogP contribution in [-0.4, -0.2) is 33.7 Å². The van der Waals surface area contributed by atoms with E-state index in [4.69, 9.17) is 9.72 Å². The lowest BCUT2D eigenvalue weighted by atomic mass is 9.80. The van der Waals surface area contributed by atoms with E-state index >= 15 is 0 Å². The Labute approximate surface area is 160 Å². The molecular weight excluding hydrogens is 344 g/mol. The van der Waals surface area contributed by atoms with Crippen LogP contribution < -0.4 is 15.4 Å². The molecular formula is C20H30N4OS. The lowest BCUT2D eigenvalue weighted by Gasteiger charge is -2.46. The number of piperidine rings is 1. The standard InChI is InChI=1S/C20H30N4OS/c1-6-11-25-17-8-7-16(26-17)15-9-10-21-18(23-15)22-14-12-19(2,3)24-20(4,5)13-14/h7-10,14,24H,6,11-13H2,1-5H3,(H,21,22,23). The zero-order valence-corrected chi connectivity index (χ0v) is 17.2. The number of hydrogen-bond donors (Lipinski definition) is 2. The van der Waals surface area contributed by atoms with Crippen LogP contribution in [0.3, 0.4) is 0 Å². The second kappa shape index (κ2) is 7.53. The average molecular weight is 375 g/mol. The second-order valence-electron chi connectivity index (χ2n) is 8.37. The largest absolute Gasteiger partial charge is 0.484 e. The molecule has 0 aromatic carbocycles. The molecule has 1 saturated heterocycles. The van der Waals surface area contributed by atoms with Crippen molar-refractivity contribution in [2.75, 3.05) is 11.9 Å². The van der Waals surface area contributed by atoms with Crippen molar-refractivity contribution in [1.82, 2.24) is 15.3 Å². The third kappa shape index (κ3) is 4.95. The summed E-state index contributed by atoms with van der Waals surface area (Å²) in [7, 11) is 0. The predicted octanol–water partition coefficient (Wildman–Crippen LogP) is 4.72. The van der Waals surface area contributed by atoms with Crippen LogP contribution in [0.4, 0.5) is 5.95 Å². The summed E-state index contributed by atoms with van der Waals surface area (Å²) in [4.78, 5) is 10.3. The Kier molecular flexibility index (Phi) is 5.53. The molecule has 1 aliphatic rings. The van der Waals surface area contributed by atoms with Gasteiger partial charge in [-0.1, -0.05) is 18.3 Å². The summed E-state index contributed by atoms with van der Waals surface area (Å²) in [6, 6.07) is 6.39. The van der Waals surface area contributed by atoms with Crippen LogP contribution in [0.15, 0.2) is 24.4 Å². The first-order chi connectivity index (χ1) is 12.3. The monoisotopic (exact) mass is 374 g/mol. The Morgan fingerprint density at radius 2 is 1.92 bits per heavy atom. The highest BCUT2D eigenvalue weighted by molar-refractivity contribution is 7.17. The highest BCUT2D eigenvalue weighted by Gasteiger charge is 2.37. The maximum absolute atomic E-state index is 5.71. The minimum Gasteiger partial charge on any atom is -0.484 e. The smallest absolute Gasteiger partial charge is 0.223 e. The normalized spacial score (nSPS) is 19.3. The zero-order valence-electron chi connectivity index (χ0n) is 16.4. The maximum atomic E-state index is 5.71. The number of nitrogens with one attached hydrogen (secondary N) is 2. The quantitative estimate of drug-likeness (QED) is 0.766. The van der Waals surface area contributed by atoms with Crippen molar-refractivity contribution >= 4 is 17.3 Å². The number of thiophene rings is 1. The highest BCUT2D eigenvalue weighted by atomic mass is 32.1. The molecule has 2 N–H and O–H groups in total. The number of aromatic nitrogens is 2. The molecule has 1 fully saturated rings. The molecule has 0 aliphatic carbocycles. The molecule has 0 saturated carbocycles. The fourth-order valence-corrected chi connectivity index (χ4v) is 4.76. The molecule has 0 bridgehead atoms. The lowest BCUT2D eigenvalue weighted by Crippen LogP contribution is -2.60. The van der Waals surface area contributed by atoms with E-state index in [-0.39, 0.29) is 11.1 Å². The van der Waals surface area contributed by atoms with Gasteiger partial charge in [0.1, 0.15) is 0 Å². The Hall–Kier alpha value is -1.66. The topological polar surface area (TPSA) is 59.1 Å². The van der Waals surface area contributed by atoms with Gasteiger partial charge in [0, 0.05) is 23.3 Å². The summed E-state index contributed by atoms with van der Waals surface area (Å²) in [6.07, 6.45) is 4.92. The van der Waals surface area contributed by atoms with E-state index in [1.165, 1.54) is 0 Å². The second-order valence-corrected chi connectivity index (χ2v) is 9.42. The first-order valence-electron chi connectivity index (χ1n) is 9.38. The summed E-state index contributed by atoms with van der Waals surface area (Å²) in [6.45, 7) is 11.9. The third-order valence-corrected chi connectivity index (χ3v) is 5.48. The van der Waals surface area contributed by atoms with Crippen LogP contribution in [0.25, 0.3) is 10.6 Å². The van der Waals surface area contributed by atoms with Gasteiger partial charge in [0.05, 0.1) is 17.2 Å². The van der Waals surface area contributed by atoms with E-state index in [9.17, 15) is 0 Å². The van der Waals surface area contributed by atoms with E-state index < -0.39 is 0 Å². The van der Waals surface area contributed by atoms with E-state index in [0.29, 0.717) is 12.0 Å². The summed E-state index contributed by atoms with van der Waals surface area (Å²) >= 11 is 1.63. The minimum atomic E-state index is 0.0935. The molecule has 0 radical (unpaired) electrons. The van der Waals surface area contributed by atoms with Crippen LogP contribution >= 0.6 is 11.3 Å². The van der Waals surface area contributed by atoms with Crippen molar-refractivity contribution < 1.29 is 4.74 Å². The van der Waals surface area contributed by atoms with E-state index in [2.05, 4.69) is 56.3 Å². The van der Waals surface area contributed by atoms with Gasteiger partial charge in [-0.15, -0.1) is 0 Å². The molecule has 2 aromatic rings. The van der Waals surface area contributed by atoms with Crippen molar-refractivity contribution in [1.29, 1.82) is 0 Å². The number of nitrogens with zero attached hydrogens (tertiary/aromatic N) is 2. The van der Waals surface area contributed by atoms with E-state index in [1.54, 1.807) is 11.3 Å². The Morgan fingerprint density at radius 1 is 1.19 bits per heavy atom. The SMILES string of the molecule is CCCOc1ccc(-c2ccnc(NC3CC(C)(C)NC(C)(C)C3)n2)s1. The Bertz CT molecular complexity index is 725. The minimum absolute atomic E-state index is 0.0935.